The highest BCUT2D eigenvalue weighted by atomic mass is 35.5. The first-order valence-electron chi connectivity index (χ1n) is 10.0. The summed E-state index contributed by atoms with van der Waals surface area (Å²) in [4.78, 5) is 9.40. The number of fused-ring (bicyclic) bond motifs is 1. The van der Waals surface area contributed by atoms with E-state index >= 15 is 0 Å². The zero-order chi connectivity index (χ0) is 19.6. The van der Waals surface area contributed by atoms with Crippen molar-refractivity contribution in [1.29, 1.82) is 0 Å². The molecule has 1 fully saturated rings. The van der Waals surface area contributed by atoms with E-state index in [9.17, 15) is 0 Å². The summed E-state index contributed by atoms with van der Waals surface area (Å²) in [6, 6.07) is 14.1. The van der Waals surface area contributed by atoms with Gasteiger partial charge in [0.15, 0.2) is 0 Å². The van der Waals surface area contributed by atoms with Gasteiger partial charge in [-0.15, -0.1) is 0 Å². The Morgan fingerprint density at radius 1 is 0.931 bits per heavy atom. The van der Waals surface area contributed by atoms with Crippen molar-refractivity contribution in [3.63, 3.8) is 0 Å². The molecule has 1 aromatic heterocycles. The van der Waals surface area contributed by atoms with E-state index in [0.717, 1.165) is 57.1 Å². The van der Waals surface area contributed by atoms with Crippen LogP contribution < -0.4 is 4.74 Å². The second-order valence-electron chi connectivity index (χ2n) is 7.61. The number of aromatic nitrogens is 2. The number of benzene rings is 2. The highest BCUT2D eigenvalue weighted by molar-refractivity contribution is 6.30. The predicted octanol–water partition coefficient (Wildman–Crippen LogP) is 3.64. The van der Waals surface area contributed by atoms with Crippen LogP contribution in [0.1, 0.15) is 17.0 Å². The second kappa shape index (κ2) is 8.14. The Kier molecular flexibility index (Phi) is 5.23. The molecule has 2 aliphatic rings. The number of hydrogen-bond donors (Lipinski definition) is 0. The predicted molar refractivity (Wildman–Crippen MR) is 111 cm³/mol. The Balaban J connectivity index is 1.14. The molecule has 0 spiro atoms. The summed E-state index contributed by atoms with van der Waals surface area (Å²) in [6.45, 7) is 6.54. The Morgan fingerprint density at radius 2 is 1.69 bits per heavy atom. The Bertz CT molecular complexity index is 981. The van der Waals surface area contributed by atoms with E-state index in [4.69, 9.17) is 20.9 Å². The molecule has 0 N–H and O–H groups in total. The summed E-state index contributed by atoms with van der Waals surface area (Å²) < 4.78 is 11.1. The molecule has 0 saturated carbocycles. The van der Waals surface area contributed by atoms with E-state index in [-0.39, 0.29) is 0 Å². The van der Waals surface area contributed by atoms with Crippen molar-refractivity contribution in [3.8, 4) is 17.1 Å². The van der Waals surface area contributed by atoms with Gasteiger partial charge in [0.25, 0.3) is 0 Å². The van der Waals surface area contributed by atoms with Crippen LogP contribution in [0.5, 0.6) is 5.75 Å². The fourth-order valence-corrected chi connectivity index (χ4v) is 4.05. The van der Waals surface area contributed by atoms with Crippen molar-refractivity contribution < 1.29 is 9.26 Å². The summed E-state index contributed by atoms with van der Waals surface area (Å²) in [7, 11) is 0. The third kappa shape index (κ3) is 4.29. The van der Waals surface area contributed by atoms with Crippen LogP contribution in [-0.4, -0.2) is 52.7 Å². The van der Waals surface area contributed by atoms with Crippen molar-refractivity contribution in [2.75, 3.05) is 32.8 Å². The highest BCUT2D eigenvalue weighted by Gasteiger charge is 2.20. The maximum atomic E-state index is 5.94. The molecule has 0 amide bonds. The molecule has 0 unspecified atom stereocenters. The van der Waals surface area contributed by atoms with Gasteiger partial charge in [-0.3, -0.25) is 9.80 Å². The summed E-state index contributed by atoms with van der Waals surface area (Å²) in [5.41, 5.74) is 3.62. The lowest BCUT2D eigenvalue weighted by molar-refractivity contribution is 0.112. The zero-order valence-corrected chi connectivity index (χ0v) is 16.9. The van der Waals surface area contributed by atoms with E-state index in [1.165, 1.54) is 11.1 Å². The van der Waals surface area contributed by atoms with Gasteiger partial charge in [-0.1, -0.05) is 28.9 Å². The molecule has 2 aromatic carbocycles. The Labute approximate surface area is 175 Å². The van der Waals surface area contributed by atoms with Gasteiger partial charge in [-0.2, -0.15) is 4.98 Å². The molecule has 0 radical (unpaired) electrons. The van der Waals surface area contributed by atoms with Gasteiger partial charge >= 0.3 is 0 Å². The molecule has 0 bridgehead atoms. The third-order valence-electron chi connectivity index (χ3n) is 5.55. The van der Waals surface area contributed by atoms with Gasteiger partial charge in [0.05, 0.1) is 13.2 Å². The number of nitrogens with zero attached hydrogens (tertiary/aromatic N) is 4. The lowest BCUT2D eigenvalue weighted by atomic mass is 10.1. The van der Waals surface area contributed by atoms with Crippen LogP contribution in [0.25, 0.3) is 11.4 Å². The van der Waals surface area contributed by atoms with Crippen molar-refractivity contribution in [1.82, 2.24) is 19.9 Å². The van der Waals surface area contributed by atoms with Gasteiger partial charge in [0, 0.05) is 49.7 Å². The van der Waals surface area contributed by atoms with Crippen molar-refractivity contribution >= 4 is 11.6 Å². The topological polar surface area (TPSA) is 54.6 Å². The van der Waals surface area contributed by atoms with E-state index in [0.29, 0.717) is 23.3 Å². The number of rotatable bonds is 5. The minimum Gasteiger partial charge on any atom is -0.493 e. The first-order valence-corrected chi connectivity index (χ1v) is 10.4. The summed E-state index contributed by atoms with van der Waals surface area (Å²) in [6.07, 6.45) is 1.03. The van der Waals surface area contributed by atoms with Crippen molar-refractivity contribution in [2.45, 2.75) is 19.5 Å². The second-order valence-corrected chi connectivity index (χ2v) is 8.05. The van der Waals surface area contributed by atoms with Crippen LogP contribution in [-0.2, 0) is 19.5 Å². The first kappa shape index (κ1) is 18.6. The van der Waals surface area contributed by atoms with Gasteiger partial charge < -0.3 is 9.26 Å². The van der Waals surface area contributed by atoms with Crippen LogP contribution in [0.4, 0.5) is 0 Å². The number of hydrogen-bond acceptors (Lipinski definition) is 6. The molecule has 1 saturated heterocycles. The van der Waals surface area contributed by atoms with E-state index in [2.05, 4.69) is 38.1 Å². The normalized spacial score (nSPS) is 17.3. The number of halogens is 1. The van der Waals surface area contributed by atoms with Gasteiger partial charge in [-0.05, 0) is 41.5 Å². The largest absolute Gasteiger partial charge is 0.493 e. The van der Waals surface area contributed by atoms with E-state index in [1.54, 1.807) is 0 Å². The molecular weight excluding hydrogens is 388 g/mol. The lowest BCUT2D eigenvalue weighted by Crippen LogP contribution is -2.45. The molecule has 7 heteroatoms. The fourth-order valence-electron chi connectivity index (χ4n) is 3.93. The van der Waals surface area contributed by atoms with E-state index < -0.39 is 0 Å². The monoisotopic (exact) mass is 410 g/mol. The Hall–Kier alpha value is -2.41. The van der Waals surface area contributed by atoms with E-state index in [1.807, 2.05) is 24.3 Å². The van der Waals surface area contributed by atoms with Crippen LogP contribution in [0.3, 0.4) is 0 Å². The highest BCUT2D eigenvalue weighted by Crippen LogP contribution is 2.26. The van der Waals surface area contributed by atoms with Gasteiger partial charge in [-0.25, -0.2) is 0 Å². The van der Waals surface area contributed by atoms with Crippen LogP contribution in [0.2, 0.25) is 5.02 Å². The average molecular weight is 411 g/mol. The summed E-state index contributed by atoms with van der Waals surface area (Å²) >= 11 is 5.94. The van der Waals surface area contributed by atoms with Crippen molar-refractivity contribution in [3.05, 3.63) is 64.5 Å². The fraction of sp³-hybridized carbons (Fsp3) is 0.364. The minimum absolute atomic E-state index is 0.607. The summed E-state index contributed by atoms with van der Waals surface area (Å²) in [5, 5.41) is 4.80. The molecule has 5 rings (SSSR count). The molecular formula is C22H23ClN4O2. The Morgan fingerprint density at radius 3 is 2.48 bits per heavy atom. The van der Waals surface area contributed by atoms with Crippen LogP contribution in [0, 0.1) is 0 Å². The standard InChI is InChI=1S/C22H23ClN4O2/c23-19-4-2-17(3-5-19)22-24-21(29-25-22)15-27-10-8-26(9-11-27)14-16-1-6-20-18(13-16)7-12-28-20/h1-6,13H,7-12,14-15H2. The molecule has 29 heavy (non-hydrogen) atoms. The maximum Gasteiger partial charge on any atom is 0.241 e. The van der Waals surface area contributed by atoms with Crippen LogP contribution in [0.15, 0.2) is 47.0 Å². The summed E-state index contributed by atoms with van der Waals surface area (Å²) in [5.74, 6) is 2.31. The molecule has 0 atom stereocenters. The SMILES string of the molecule is Clc1ccc(-c2noc(CN3CCN(Cc4ccc5c(c4)CCO5)CC3)n2)cc1. The maximum absolute atomic E-state index is 5.94. The van der Waals surface area contributed by atoms with Gasteiger partial charge in [0.2, 0.25) is 11.7 Å². The van der Waals surface area contributed by atoms with Gasteiger partial charge in [0.1, 0.15) is 5.75 Å². The first-order chi connectivity index (χ1) is 14.2. The quantitative estimate of drug-likeness (QED) is 0.640. The minimum atomic E-state index is 0.607. The smallest absolute Gasteiger partial charge is 0.241 e. The zero-order valence-electron chi connectivity index (χ0n) is 16.2. The number of piperazine rings is 1. The molecule has 150 valence electrons. The number of ether oxygens (including phenoxy) is 1. The average Bonchev–Trinajstić information content (AvgIpc) is 3.39. The molecule has 3 aromatic rings. The third-order valence-corrected chi connectivity index (χ3v) is 5.81. The molecule has 0 aliphatic carbocycles. The van der Waals surface area contributed by atoms with Crippen molar-refractivity contribution in [2.24, 2.45) is 0 Å². The molecule has 3 heterocycles. The molecule has 2 aliphatic heterocycles. The molecule has 6 nitrogen and oxygen atoms in total. The lowest BCUT2D eigenvalue weighted by Gasteiger charge is -2.34. The van der Waals surface area contributed by atoms with Crippen LogP contribution >= 0.6 is 11.6 Å².